The number of anilines is 1. The summed E-state index contributed by atoms with van der Waals surface area (Å²) >= 11 is 0. The van der Waals surface area contributed by atoms with Crippen LogP contribution in [-0.2, 0) is 24.4 Å². The van der Waals surface area contributed by atoms with E-state index < -0.39 is 58.6 Å². The van der Waals surface area contributed by atoms with Crippen molar-refractivity contribution in [3.05, 3.63) is 36.4 Å². The van der Waals surface area contributed by atoms with Crippen molar-refractivity contribution in [1.82, 2.24) is 15.4 Å². The number of nitrogens with two attached hydrogens (primary N) is 2. The average Bonchev–Trinajstić information content (AvgIpc) is 2.89. The lowest BCUT2D eigenvalue weighted by Crippen LogP contribution is -2.54. The van der Waals surface area contributed by atoms with Crippen molar-refractivity contribution in [3.8, 4) is 0 Å². The van der Waals surface area contributed by atoms with Crippen molar-refractivity contribution in [3.63, 3.8) is 0 Å². The number of rotatable bonds is 16. The molecular weight excluding hydrogens is 570 g/mol. The minimum absolute atomic E-state index is 0.0861. The van der Waals surface area contributed by atoms with E-state index in [1.165, 1.54) is 12.1 Å². The van der Waals surface area contributed by atoms with Gasteiger partial charge in [0, 0.05) is 38.1 Å². The predicted octanol–water partition coefficient (Wildman–Crippen LogP) is -1.23. The second-order valence-electron chi connectivity index (χ2n) is 10.0. The van der Waals surface area contributed by atoms with Crippen molar-refractivity contribution in [2.24, 2.45) is 16.5 Å². The molecule has 15 nitrogen and oxygen atoms in total. The molecule has 16 heteroatoms. The Hall–Kier alpha value is -3.99. The zero-order valence-corrected chi connectivity index (χ0v) is 24.5. The summed E-state index contributed by atoms with van der Waals surface area (Å²) in [4.78, 5) is 42.1. The lowest BCUT2D eigenvalue weighted by Gasteiger charge is -2.28. The van der Waals surface area contributed by atoms with Gasteiger partial charge in [-0.25, -0.2) is 8.42 Å². The van der Waals surface area contributed by atoms with Gasteiger partial charge in [-0.1, -0.05) is 18.2 Å². The number of sulfonamides is 1. The first kappa shape index (κ1) is 34.2. The number of aliphatic hydroxyl groups is 2. The maximum absolute atomic E-state index is 13.2. The van der Waals surface area contributed by atoms with Crippen molar-refractivity contribution >= 4 is 50.2 Å². The fraction of sp³-hybridized carbons (Fsp3) is 0.462. The quantitative estimate of drug-likeness (QED) is 0.0484. The fourth-order valence-electron chi connectivity index (χ4n) is 4.09. The van der Waals surface area contributed by atoms with Gasteiger partial charge in [-0.05, 0) is 49.8 Å². The maximum Gasteiger partial charge on any atom is 0.303 e. The van der Waals surface area contributed by atoms with Crippen LogP contribution >= 0.6 is 0 Å². The van der Waals surface area contributed by atoms with Gasteiger partial charge in [-0.3, -0.25) is 19.4 Å². The Morgan fingerprint density at radius 3 is 2.38 bits per heavy atom. The van der Waals surface area contributed by atoms with Gasteiger partial charge in [0.2, 0.25) is 21.8 Å². The Morgan fingerprint density at radius 2 is 1.79 bits per heavy atom. The molecule has 2 atom stereocenters. The number of amides is 2. The molecule has 0 aromatic heterocycles. The third-order valence-electron chi connectivity index (χ3n) is 6.25. The molecule has 2 aromatic rings. The first-order valence-corrected chi connectivity index (χ1v) is 14.5. The SMILES string of the molecule is CN(C)c1cccc2cc(S(=O)(=O)N[C@@H](CCC(=O)O)C(=O)NCC(=O)N[C@@H](CCCN=C(N)N)C(C)(O)O)ccc12. The molecule has 0 aliphatic heterocycles. The highest BCUT2D eigenvalue weighted by atomic mass is 32.2. The zero-order chi connectivity index (χ0) is 31.7. The van der Waals surface area contributed by atoms with E-state index in [-0.39, 0.29) is 30.2 Å². The van der Waals surface area contributed by atoms with Gasteiger partial charge in [0.15, 0.2) is 11.7 Å². The normalized spacial score (nSPS) is 13.2. The van der Waals surface area contributed by atoms with E-state index in [0.717, 1.165) is 18.0 Å². The van der Waals surface area contributed by atoms with E-state index in [1.54, 1.807) is 18.2 Å². The molecule has 10 N–H and O–H groups in total. The van der Waals surface area contributed by atoms with Crippen LogP contribution < -0.4 is 31.7 Å². The molecule has 0 unspecified atom stereocenters. The molecule has 42 heavy (non-hydrogen) atoms. The predicted molar refractivity (Wildman–Crippen MR) is 157 cm³/mol. The summed E-state index contributed by atoms with van der Waals surface area (Å²) in [7, 11) is -0.574. The minimum atomic E-state index is -4.29. The van der Waals surface area contributed by atoms with Crippen molar-refractivity contribution < 1.29 is 38.1 Å². The van der Waals surface area contributed by atoms with E-state index >= 15 is 0 Å². The number of fused-ring (bicyclic) bond motifs is 1. The first-order valence-electron chi connectivity index (χ1n) is 13.0. The van der Waals surface area contributed by atoms with Crippen LogP contribution in [0, 0.1) is 0 Å². The molecular formula is C26H39N7O8S. The van der Waals surface area contributed by atoms with Crippen molar-refractivity contribution in [2.75, 3.05) is 32.1 Å². The number of hydrogen-bond acceptors (Lipinski definition) is 9. The Morgan fingerprint density at radius 1 is 1.10 bits per heavy atom. The summed E-state index contributed by atoms with van der Waals surface area (Å²) < 4.78 is 28.7. The molecule has 0 bridgehead atoms. The van der Waals surface area contributed by atoms with Crippen LogP contribution in [0.2, 0.25) is 0 Å². The number of guanidine groups is 1. The van der Waals surface area contributed by atoms with E-state index in [0.29, 0.717) is 11.8 Å². The molecule has 0 radical (unpaired) electrons. The highest BCUT2D eigenvalue weighted by Gasteiger charge is 2.31. The fourth-order valence-corrected chi connectivity index (χ4v) is 5.36. The number of aliphatic carboxylic acids is 1. The molecule has 0 spiro atoms. The Kier molecular flexibility index (Phi) is 12.0. The molecule has 2 aromatic carbocycles. The van der Waals surface area contributed by atoms with Gasteiger partial charge in [0.05, 0.1) is 17.5 Å². The number of benzene rings is 2. The summed E-state index contributed by atoms with van der Waals surface area (Å²) in [6, 6.07) is 7.21. The lowest BCUT2D eigenvalue weighted by atomic mass is 10.0. The van der Waals surface area contributed by atoms with Crippen LogP contribution in [-0.4, -0.2) is 92.5 Å². The first-order chi connectivity index (χ1) is 19.5. The molecule has 0 aliphatic rings. The topological polar surface area (TPSA) is 250 Å². The van der Waals surface area contributed by atoms with Gasteiger partial charge < -0.3 is 42.3 Å². The molecule has 2 rings (SSSR count). The van der Waals surface area contributed by atoms with E-state index in [2.05, 4.69) is 20.3 Å². The minimum Gasteiger partial charge on any atom is -0.481 e. The Bertz CT molecular complexity index is 1400. The monoisotopic (exact) mass is 609 g/mol. The van der Waals surface area contributed by atoms with Gasteiger partial charge in [-0.2, -0.15) is 4.72 Å². The van der Waals surface area contributed by atoms with Crippen LogP contribution in [0.4, 0.5) is 5.69 Å². The molecule has 232 valence electrons. The smallest absolute Gasteiger partial charge is 0.303 e. The largest absolute Gasteiger partial charge is 0.481 e. The molecule has 0 aliphatic carbocycles. The number of nitrogens with one attached hydrogen (secondary N) is 3. The standard InChI is InChI=1S/C26H39N7O8S/c1-26(38,39)21(8-5-13-29-25(27)28)31-22(34)15-30-24(37)19(11-12-23(35)36)32-42(40,41)17-9-10-18-16(14-17)6-4-7-20(18)33(2)3/h4,6-7,9-10,14,19,21,32,38-39H,5,8,11-13,15H2,1-3H3,(H,30,37)(H,31,34)(H,35,36)(H4,27,28,29)/t19-,21-/m0/s1. The summed E-state index contributed by atoms with van der Waals surface area (Å²) in [5.74, 6) is -5.42. The summed E-state index contributed by atoms with van der Waals surface area (Å²) in [6.07, 6.45) is -0.528. The average molecular weight is 610 g/mol. The number of carbonyl (C=O) groups is 3. The third kappa shape index (κ3) is 10.4. The number of hydrogen-bond donors (Lipinski definition) is 8. The summed E-state index contributed by atoms with van der Waals surface area (Å²) in [5.41, 5.74) is 11.4. The Labute approximate surface area is 244 Å². The van der Waals surface area contributed by atoms with E-state index in [9.17, 15) is 33.0 Å². The lowest BCUT2D eigenvalue weighted by molar-refractivity contribution is -0.172. The molecule has 0 saturated carbocycles. The molecule has 0 heterocycles. The van der Waals surface area contributed by atoms with Crippen LogP contribution in [0.1, 0.15) is 32.6 Å². The molecule has 0 saturated heterocycles. The van der Waals surface area contributed by atoms with Gasteiger partial charge >= 0.3 is 5.97 Å². The van der Waals surface area contributed by atoms with Gasteiger partial charge in [0.25, 0.3) is 0 Å². The van der Waals surface area contributed by atoms with Crippen LogP contribution in [0.5, 0.6) is 0 Å². The third-order valence-corrected chi connectivity index (χ3v) is 7.71. The number of carbonyl (C=O) groups excluding carboxylic acids is 2. The zero-order valence-electron chi connectivity index (χ0n) is 23.7. The summed E-state index contributed by atoms with van der Waals surface area (Å²) in [6.45, 7) is 0.608. The number of carboxylic acids is 1. The van der Waals surface area contributed by atoms with Crippen molar-refractivity contribution in [1.29, 1.82) is 0 Å². The number of aliphatic imine (C=N–C) groups is 1. The maximum atomic E-state index is 13.2. The highest BCUT2D eigenvalue weighted by Crippen LogP contribution is 2.27. The van der Waals surface area contributed by atoms with Gasteiger partial charge in [-0.15, -0.1) is 0 Å². The molecule has 0 fully saturated rings. The van der Waals surface area contributed by atoms with Crippen LogP contribution in [0.3, 0.4) is 0 Å². The highest BCUT2D eigenvalue weighted by molar-refractivity contribution is 7.89. The van der Waals surface area contributed by atoms with E-state index in [1.807, 2.05) is 25.1 Å². The van der Waals surface area contributed by atoms with E-state index in [4.69, 9.17) is 16.6 Å². The van der Waals surface area contributed by atoms with Gasteiger partial charge in [0.1, 0.15) is 6.04 Å². The summed E-state index contributed by atoms with van der Waals surface area (Å²) in [5, 5.41) is 35.2. The number of carboxylic acid groups (broad SMARTS) is 1. The molecule has 2 amide bonds. The number of nitrogens with zero attached hydrogens (tertiary/aromatic N) is 2. The second-order valence-corrected chi connectivity index (χ2v) is 11.8. The van der Waals surface area contributed by atoms with Crippen molar-refractivity contribution in [2.45, 2.75) is 55.4 Å². The van der Waals surface area contributed by atoms with Crippen LogP contribution in [0.15, 0.2) is 46.3 Å². The Balaban J connectivity index is 2.14. The second kappa shape index (κ2) is 14.8. The van der Waals surface area contributed by atoms with Crippen LogP contribution in [0.25, 0.3) is 10.8 Å².